The zero-order chi connectivity index (χ0) is 19.3. The summed E-state index contributed by atoms with van der Waals surface area (Å²) in [5, 5.41) is 7.66. The second-order valence-electron chi connectivity index (χ2n) is 9.26. The number of halogens is 2. The van der Waals surface area contributed by atoms with Gasteiger partial charge in [-0.25, -0.2) is 4.39 Å². The fourth-order valence-corrected chi connectivity index (χ4v) is 6.58. The van der Waals surface area contributed by atoms with Crippen molar-refractivity contribution in [2.24, 2.45) is 23.2 Å². The molecule has 4 saturated carbocycles. The van der Waals surface area contributed by atoms with Gasteiger partial charge in [0, 0.05) is 18.2 Å². The van der Waals surface area contributed by atoms with Crippen molar-refractivity contribution in [3.63, 3.8) is 0 Å². The largest absolute Gasteiger partial charge is 0.308 e. The van der Waals surface area contributed by atoms with Gasteiger partial charge >= 0.3 is 0 Å². The highest BCUT2D eigenvalue weighted by Gasteiger charge is 2.51. The molecular weight excluding hydrogens is 377 g/mol. The molecule has 1 amide bonds. The Labute approximate surface area is 169 Å². The molecule has 4 bridgehead atoms. The maximum Gasteiger partial charge on any atom is 0.226 e. The monoisotopic (exact) mass is 401 g/mol. The Hall–Kier alpha value is -1.88. The first-order valence-corrected chi connectivity index (χ1v) is 10.6. The summed E-state index contributed by atoms with van der Waals surface area (Å²) in [6.07, 6.45) is 9.89. The van der Waals surface area contributed by atoms with Gasteiger partial charge in [0.05, 0.1) is 6.54 Å². The lowest BCUT2D eigenvalue weighted by atomic mass is 9.49. The molecule has 28 heavy (non-hydrogen) atoms. The third-order valence-electron chi connectivity index (χ3n) is 6.97. The van der Waals surface area contributed by atoms with E-state index in [1.807, 2.05) is 0 Å². The smallest absolute Gasteiger partial charge is 0.226 e. The first-order chi connectivity index (χ1) is 13.5. The number of rotatable bonds is 5. The standard InChI is InChI=1S/C22H25ClFN3O/c23-18-13-27(12-17-3-1-2-4-19(17)24)26-21(18)25-20(28)11-22-8-14-5-15(9-22)7-16(6-14)10-22/h1-4,13-16H,5-12H2,(H,25,26,28). The molecule has 0 aliphatic heterocycles. The van der Waals surface area contributed by atoms with Gasteiger partial charge in [0.1, 0.15) is 10.8 Å². The van der Waals surface area contributed by atoms with Crippen molar-refractivity contribution in [1.29, 1.82) is 0 Å². The third-order valence-corrected chi connectivity index (χ3v) is 7.24. The van der Waals surface area contributed by atoms with Gasteiger partial charge in [-0.05, 0) is 67.8 Å². The van der Waals surface area contributed by atoms with Crippen molar-refractivity contribution in [3.8, 4) is 0 Å². The fraction of sp³-hybridized carbons (Fsp3) is 0.545. The number of anilines is 1. The topological polar surface area (TPSA) is 46.9 Å². The van der Waals surface area contributed by atoms with Crippen LogP contribution in [0, 0.1) is 29.0 Å². The average molecular weight is 402 g/mol. The summed E-state index contributed by atoms with van der Waals surface area (Å²) in [7, 11) is 0. The van der Waals surface area contributed by atoms with Gasteiger partial charge in [-0.3, -0.25) is 9.48 Å². The van der Waals surface area contributed by atoms with Crippen LogP contribution < -0.4 is 5.32 Å². The number of nitrogens with one attached hydrogen (secondary N) is 1. The Balaban J connectivity index is 1.26. The lowest BCUT2D eigenvalue weighted by molar-refractivity contribution is -0.124. The van der Waals surface area contributed by atoms with E-state index in [-0.39, 0.29) is 23.7 Å². The van der Waals surface area contributed by atoms with Crippen molar-refractivity contribution in [3.05, 3.63) is 46.9 Å². The zero-order valence-corrected chi connectivity index (χ0v) is 16.6. The predicted molar refractivity (Wildman–Crippen MR) is 107 cm³/mol. The molecule has 6 rings (SSSR count). The quantitative estimate of drug-likeness (QED) is 0.741. The highest BCUT2D eigenvalue weighted by Crippen LogP contribution is 2.61. The van der Waals surface area contributed by atoms with E-state index < -0.39 is 0 Å². The molecule has 4 aliphatic rings. The van der Waals surface area contributed by atoms with Crippen LogP contribution in [0.15, 0.2) is 30.5 Å². The maximum absolute atomic E-state index is 13.9. The minimum Gasteiger partial charge on any atom is -0.308 e. The van der Waals surface area contributed by atoms with Crippen LogP contribution in [0.1, 0.15) is 50.5 Å². The van der Waals surface area contributed by atoms with Crippen molar-refractivity contribution >= 4 is 23.3 Å². The number of aromatic nitrogens is 2. The Kier molecular flexibility index (Phi) is 4.46. The van der Waals surface area contributed by atoms with E-state index in [9.17, 15) is 9.18 Å². The Morgan fingerprint density at radius 2 is 1.82 bits per heavy atom. The number of carbonyl (C=O) groups excluding carboxylic acids is 1. The van der Waals surface area contributed by atoms with Gasteiger partial charge in [0.15, 0.2) is 5.82 Å². The number of hydrogen-bond acceptors (Lipinski definition) is 2. The molecule has 4 aliphatic carbocycles. The van der Waals surface area contributed by atoms with Crippen molar-refractivity contribution in [2.45, 2.75) is 51.5 Å². The summed E-state index contributed by atoms with van der Waals surface area (Å²) in [5.41, 5.74) is 0.717. The molecule has 0 saturated heterocycles. The number of nitrogens with zero attached hydrogens (tertiary/aromatic N) is 2. The van der Waals surface area contributed by atoms with Crippen molar-refractivity contribution in [2.75, 3.05) is 5.32 Å². The number of hydrogen-bond donors (Lipinski definition) is 1. The highest BCUT2D eigenvalue weighted by molar-refractivity contribution is 6.33. The van der Waals surface area contributed by atoms with Crippen molar-refractivity contribution < 1.29 is 9.18 Å². The summed E-state index contributed by atoms with van der Waals surface area (Å²) in [5.74, 6) is 2.56. The second kappa shape index (κ2) is 6.87. The first kappa shape index (κ1) is 18.2. The molecule has 1 aromatic heterocycles. The predicted octanol–water partition coefficient (Wildman–Crippen LogP) is 5.27. The molecule has 6 heteroatoms. The normalized spacial score (nSPS) is 30.6. The van der Waals surface area contributed by atoms with Crippen LogP contribution in [-0.2, 0) is 11.3 Å². The summed E-state index contributed by atoms with van der Waals surface area (Å²) < 4.78 is 15.4. The number of carbonyl (C=O) groups is 1. The molecular formula is C22H25ClFN3O. The molecule has 0 atom stereocenters. The van der Waals surface area contributed by atoms with Gasteiger partial charge < -0.3 is 5.32 Å². The minimum atomic E-state index is -0.276. The van der Waals surface area contributed by atoms with Gasteiger partial charge in [0.2, 0.25) is 5.91 Å². The van der Waals surface area contributed by atoms with Crippen LogP contribution in [-0.4, -0.2) is 15.7 Å². The maximum atomic E-state index is 13.9. The molecule has 4 fully saturated rings. The molecule has 1 N–H and O–H groups in total. The van der Waals surface area contributed by atoms with E-state index in [2.05, 4.69) is 10.4 Å². The van der Waals surface area contributed by atoms with Gasteiger partial charge in [-0.15, -0.1) is 0 Å². The summed E-state index contributed by atoms with van der Waals surface area (Å²) in [4.78, 5) is 12.8. The van der Waals surface area contributed by atoms with Gasteiger partial charge in [-0.2, -0.15) is 5.10 Å². The minimum absolute atomic E-state index is 0.00000772. The Morgan fingerprint density at radius 3 is 2.46 bits per heavy atom. The second-order valence-corrected chi connectivity index (χ2v) is 9.66. The third kappa shape index (κ3) is 3.45. The SMILES string of the molecule is O=C(CC12CC3CC(CC(C3)C1)C2)Nc1nn(Cc2ccccc2F)cc1Cl. The summed E-state index contributed by atoms with van der Waals surface area (Å²) >= 11 is 6.28. The van der Waals surface area contributed by atoms with Crippen LogP contribution in [0.5, 0.6) is 0 Å². The van der Waals surface area contributed by atoms with E-state index in [0.717, 1.165) is 17.8 Å². The highest BCUT2D eigenvalue weighted by atomic mass is 35.5. The molecule has 0 radical (unpaired) electrons. The van der Waals surface area contributed by atoms with Crippen molar-refractivity contribution in [1.82, 2.24) is 9.78 Å². The Morgan fingerprint density at radius 1 is 1.18 bits per heavy atom. The van der Waals surface area contributed by atoms with E-state index in [1.165, 1.54) is 44.6 Å². The Bertz CT molecular complexity index is 874. The molecule has 2 aromatic rings. The molecule has 4 nitrogen and oxygen atoms in total. The molecule has 148 valence electrons. The van der Waals surface area contributed by atoms with Crippen LogP contribution in [0.3, 0.4) is 0 Å². The van der Waals surface area contributed by atoms with Gasteiger partial charge in [-0.1, -0.05) is 29.8 Å². The van der Waals surface area contributed by atoms with Crippen LogP contribution in [0.2, 0.25) is 5.02 Å². The summed E-state index contributed by atoms with van der Waals surface area (Å²) in [6.45, 7) is 0.275. The first-order valence-electron chi connectivity index (χ1n) is 10.2. The van der Waals surface area contributed by atoms with E-state index in [0.29, 0.717) is 22.8 Å². The average Bonchev–Trinajstić information content (AvgIpc) is 2.94. The lowest BCUT2D eigenvalue weighted by Gasteiger charge is -2.56. The molecule has 0 spiro atoms. The zero-order valence-electron chi connectivity index (χ0n) is 15.8. The van der Waals surface area contributed by atoms with E-state index >= 15 is 0 Å². The van der Waals surface area contributed by atoms with Crippen LogP contribution in [0.4, 0.5) is 10.2 Å². The van der Waals surface area contributed by atoms with Crippen LogP contribution >= 0.6 is 11.6 Å². The molecule has 1 heterocycles. The van der Waals surface area contributed by atoms with E-state index in [4.69, 9.17) is 11.6 Å². The fourth-order valence-electron chi connectivity index (χ4n) is 6.39. The van der Waals surface area contributed by atoms with Gasteiger partial charge in [0.25, 0.3) is 0 Å². The molecule has 1 aromatic carbocycles. The number of amides is 1. The van der Waals surface area contributed by atoms with E-state index in [1.54, 1.807) is 29.1 Å². The number of benzene rings is 1. The molecule has 0 unspecified atom stereocenters. The lowest BCUT2D eigenvalue weighted by Crippen LogP contribution is -2.47. The van der Waals surface area contributed by atoms with Crippen LogP contribution in [0.25, 0.3) is 0 Å². The summed E-state index contributed by atoms with van der Waals surface area (Å²) in [6, 6.07) is 6.59.